The Bertz CT molecular complexity index is 855. The molecule has 3 rings (SSSR count). The van der Waals surface area contributed by atoms with Gasteiger partial charge in [-0.2, -0.15) is 10.3 Å². The van der Waals surface area contributed by atoms with Crippen molar-refractivity contribution in [2.24, 2.45) is 4.99 Å². The van der Waals surface area contributed by atoms with Crippen molar-refractivity contribution in [1.82, 2.24) is 4.48 Å². The fourth-order valence-corrected chi connectivity index (χ4v) is 2.66. The molecule has 1 aliphatic rings. The number of quaternary nitrogens is 1. The predicted molar refractivity (Wildman–Crippen MR) is 95.5 cm³/mol. The van der Waals surface area contributed by atoms with Gasteiger partial charge in [0, 0.05) is 17.7 Å². The van der Waals surface area contributed by atoms with Crippen LogP contribution in [0.5, 0.6) is 0 Å². The Morgan fingerprint density at radius 2 is 1.83 bits per heavy atom. The van der Waals surface area contributed by atoms with Gasteiger partial charge in [0.1, 0.15) is 29.9 Å². The molecule has 0 radical (unpaired) electrons. The quantitative estimate of drug-likeness (QED) is 0.598. The van der Waals surface area contributed by atoms with Crippen LogP contribution in [0.2, 0.25) is 0 Å². The maximum Gasteiger partial charge on any atom is 0.200 e. The molecule has 2 aromatic carbocycles. The summed E-state index contributed by atoms with van der Waals surface area (Å²) < 4.78 is 13.6. The van der Waals surface area contributed by atoms with E-state index in [9.17, 15) is 4.39 Å². The van der Waals surface area contributed by atoms with Crippen molar-refractivity contribution in [3.63, 3.8) is 0 Å². The molecule has 0 N–H and O–H groups in total. The minimum absolute atomic E-state index is 0.261. The number of rotatable bonds is 4. The zero-order valence-electron chi connectivity index (χ0n) is 13.4. The summed E-state index contributed by atoms with van der Waals surface area (Å²) in [5, 5.41) is 8.98. The van der Waals surface area contributed by atoms with E-state index in [1.54, 1.807) is 12.1 Å². The number of aliphatic imine (C=N–C) groups is 1. The van der Waals surface area contributed by atoms with Crippen LogP contribution in [0.15, 0.2) is 71.9 Å². The second-order valence-electron chi connectivity index (χ2n) is 5.61. The van der Waals surface area contributed by atoms with E-state index >= 15 is 0 Å². The summed E-state index contributed by atoms with van der Waals surface area (Å²) in [5.41, 5.74) is 3.33. The molecule has 1 atom stereocenters. The van der Waals surface area contributed by atoms with E-state index in [0.29, 0.717) is 10.0 Å². The van der Waals surface area contributed by atoms with Crippen molar-refractivity contribution >= 4 is 17.7 Å². The molecule has 1 heterocycles. The number of benzene rings is 2. The molecule has 0 spiro atoms. The molecule has 1 unspecified atom stereocenters. The third-order valence-corrected chi connectivity index (χ3v) is 4.02. The van der Waals surface area contributed by atoms with Gasteiger partial charge in [-0.05, 0) is 49.4 Å². The Morgan fingerprint density at radius 1 is 1.12 bits per heavy atom. The summed E-state index contributed by atoms with van der Waals surface area (Å²) in [5.74, 6) is -0.261. The van der Waals surface area contributed by atoms with Crippen LogP contribution in [-0.4, -0.2) is 12.9 Å². The lowest BCUT2D eigenvalue weighted by Crippen LogP contribution is -2.40. The zero-order valence-corrected chi connectivity index (χ0v) is 13.4. The Hall–Kier alpha value is -3.03. The molecule has 0 bridgehead atoms. The molecule has 0 amide bonds. The van der Waals surface area contributed by atoms with Crippen LogP contribution in [0.1, 0.15) is 18.1 Å². The highest BCUT2D eigenvalue weighted by Crippen LogP contribution is 2.31. The average molecular weight is 318 g/mol. The lowest BCUT2D eigenvalue weighted by molar-refractivity contribution is 0.622. The van der Waals surface area contributed by atoms with Gasteiger partial charge in [0.2, 0.25) is 6.34 Å². The SMILES string of the molecule is CC=CC[N+]1(c2ccc(C#N)cc2)C=NC(c2ccc(F)cc2)=C1. The summed E-state index contributed by atoms with van der Waals surface area (Å²) in [6.45, 7) is 2.70. The highest BCUT2D eigenvalue weighted by Gasteiger charge is 2.31. The van der Waals surface area contributed by atoms with E-state index in [1.165, 1.54) is 12.1 Å². The molecule has 3 nitrogen and oxygen atoms in total. The number of hydrogen-bond donors (Lipinski definition) is 0. The molecule has 0 aliphatic carbocycles. The number of hydrogen-bond acceptors (Lipinski definition) is 2. The standard InChI is InChI=1S/C20H17FN3/c1-2-3-12-24(19-10-4-16(13-22)5-11-19)14-20(23-15-24)17-6-8-18(21)9-7-17/h2-11,14-15H,12H2,1H3/q+1. The first-order valence-electron chi connectivity index (χ1n) is 7.70. The fourth-order valence-electron chi connectivity index (χ4n) is 2.66. The van der Waals surface area contributed by atoms with Crippen LogP contribution in [0.4, 0.5) is 10.1 Å². The van der Waals surface area contributed by atoms with Gasteiger partial charge in [0.05, 0.1) is 11.6 Å². The van der Waals surface area contributed by atoms with Gasteiger partial charge in [0.15, 0.2) is 0 Å². The monoisotopic (exact) mass is 318 g/mol. The fraction of sp³-hybridized carbons (Fsp3) is 0.100. The van der Waals surface area contributed by atoms with Crippen molar-refractivity contribution in [1.29, 1.82) is 5.26 Å². The second-order valence-corrected chi connectivity index (χ2v) is 5.61. The van der Waals surface area contributed by atoms with E-state index in [4.69, 9.17) is 5.26 Å². The summed E-state index contributed by atoms with van der Waals surface area (Å²) >= 11 is 0. The molecule has 0 saturated heterocycles. The molecule has 0 fully saturated rings. The van der Waals surface area contributed by atoms with Gasteiger partial charge in [0.25, 0.3) is 0 Å². The number of nitrogens with zero attached hydrogens (tertiary/aromatic N) is 3. The van der Waals surface area contributed by atoms with Gasteiger partial charge >= 0.3 is 0 Å². The van der Waals surface area contributed by atoms with Crippen LogP contribution < -0.4 is 4.48 Å². The minimum Gasteiger partial charge on any atom is -0.218 e. The lowest BCUT2D eigenvalue weighted by Gasteiger charge is -2.25. The Kier molecular flexibility index (Phi) is 4.37. The van der Waals surface area contributed by atoms with Crippen LogP contribution >= 0.6 is 0 Å². The molecule has 2 aromatic rings. The zero-order chi connectivity index (χ0) is 17.0. The van der Waals surface area contributed by atoms with Crippen LogP contribution in [0.25, 0.3) is 5.70 Å². The Labute approximate surface area is 140 Å². The second kappa shape index (κ2) is 6.61. The molecule has 24 heavy (non-hydrogen) atoms. The van der Waals surface area contributed by atoms with E-state index in [0.717, 1.165) is 23.5 Å². The summed E-state index contributed by atoms with van der Waals surface area (Å²) in [6.07, 6.45) is 8.00. The predicted octanol–water partition coefficient (Wildman–Crippen LogP) is 4.62. The van der Waals surface area contributed by atoms with E-state index in [2.05, 4.69) is 23.3 Å². The van der Waals surface area contributed by atoms with Gasteiger partial charge in [-0.3, -0.25) is 0 Å². The minimum atomic E-state index is -0.261. The first kappa shape index (κ1) is 15.9. The first-order chi connectivity index (χ1) is 11.7. The van der Waals surface area contributed by atoms with Crippen molar-refractivity contribution in [3.8, 4) is 6.07 Å². The molecule has 118 valence electrons. The average Bonchev–Trinajstić information content (AvgIpc) is 3.06. The smallest absolute Gasteiger partial charge is 0.200 e. The lowest BCUT2D eigenvalue weighted by atomic mass is 10.1. The Morgan fingerprint density at radius 3 is 2.46 bits per heavy atom. The molecular formula is C20H17FN3+. The van der Waals surface area contributed by atoms with Gasteiger partial charge in [-0.1, -0.05) is 6.08 Å². The van der Waals surface area contributed by atoms with Crippen molar-refractivity contribution in [3.05, 3.63) is 83.8 Å². The van der Waals surface area contributed by atoms with Gasteiger partial charge < -0.3 is 0 Å². The van der Waals surface area contributed by atoms with E-state index < -0.39 is 0 Å². The van der Waals surface area contributed by atoms with Crippen molar-refractivity contribution < 1.29 is 4.39 Å². The number of halogens is 1. The molecule has 4 heteroatoms. The van der Waals surface area contributed by atoms with E-state index in [1.807, 2.05) is 43.6 Å². The molecule has 0 aromatic heterocycles. The Balaban J connectivity index is 2.02. The summed E-state index contributed by atoms with van der Waals surface area (Å²) in [7, 11) is 0. The largest absolute Gasteiger partial charge is 0.218 e. The summed E-state index contributed by atoms with van der Waals surface area (Å²) in [6, 6.07) is 16.0. The normalized spacial score (nSPS) is 19.5. The van der Waals surface area contributed by atoms with Crippen LogP contribution in [0.3, 0.4) is 0 Å². The maximum atomic E-state index is 13.1. The van der Waals surface area contributed by atoms with Crippen LogP contribution in [0, 0.1) is 17.1 Å². The molecular weight excluding hydrogens is 301 g/mol. The topological polar surface area (TPSA) is 36.1 Å². The summed E-state index contributed by atoms with van der Waals surface area (Å²) in [4.78, 5) is 4.55. The first-order valence-corrected chi connectivity index (χ1v) is 7.70. The highest BCUT2D eigenvalue weighted by molar-refractivity contribution is 5.89. The number of nitriles is 1. The van der Waals surface area contributed by atoms with Crippen LogP contribution in [-0.2, 0) is 0 Å². The molecule has 0 saturated carbocycles. The third-order valence-electron chi connectivity index (χ3n) is 4.02. The third kappa shape index (κ3) is 3.03. The van der Waals surface area contributed by atoms with E-state index in [-0.39, 0.29) is 5.82 Å². The maximum absolute atomic E-state index is 13.1. The molecule has 1 aliphatic heterocycles. The van der Waals surface area contributed by atoms with Crippen molar-refractivity contribution in [2.45, 2.75) is 6.92 Å². The highest BCUT2D eigenvalue weighted by atomic mass is 19.1. The number of allylic oxidation sites excluding steroid dienone is 1. The van der Waals surface area contributed by atoms with Gasteiger partial charge in [-0.25, -0.2) is 8.87 Å². The van der Waals surface area contributed by atoms with Gasteiger partial charge in [-0.15, -0.1) is 0 Å². The van der Waals surface area contributed by atoms with Crippen molar-refractivity contribution in [2.75, 3.05) is 6.54 Å².